The van der Waals surface area contributed by atoms with E-state index in [1.54, 1.807) is 20.8 Å². The standard InChI is InChI=1S/C15H22N2O9S/c1-5-7(18)17(16-13(23)26-14(2,3)4)15(12(21)22)6-27(24,25)10-8(9(10)15)11(19)20/h8-10H,5-6H2,1-4H3,(H,16,23)(H,19,20)(H,21,22)/t8-,9-,10+,15+/m1/s1. The molecule has 3 N–H and O–H groups in total. The molecule has 152 valence electrons. The van der Waals surface area contributed by atoms with Gasteiger partial charge in [-0.3, -0.25) is 9.59 Å². The molecule has 1 aliphatic carbocycles. The Morgan fingerprint density at radius 1 is 1.22 bits per heavy atom. The number of nitrogens with zero attached hydrogens (tertiary/aromatic N) is 1. The van der Waals surface area contributed by atoms with Crippen LogP contribution in [0.15, 0.2) is 0 Å². The summed E-state index contributed by atoms with van der Waals surface area (Å²) in [5.74, 6) is -7.89. The van der Waals surface area contributed by atoms with Crippen LogP contribution in [0.2, 0.25) is 0 Å². The van der Waals surface area contributed by atoms with E-state index >= 15 is 0 Å². The van der Waals surface area contributed by atoms with Gasteiger partial charge in [0.1, 0.15) is 5.60 Å². The number of fused-ring (bicyclic) bond motifs is 1. The molecule has 2 amide bonds. The Hall–Kier alpha value is -2.37. The predicted molar refractivity (Wildman–Crippen MR) is 89.1 cm³/mol. The van der Waals surface area contributed by atoms with Gasteiger partial charge in [-0.1, -0.05) is 6.92 Å². The van der Waals surface area contributed by atoms with Crippen LogP contribution in [0.1, 0.15) is 34.1 Å². The first-order valence-electron chi connectivity index (χ1n) is 8.19. The van der Waals surface area contributed by atoms with Crippen LogP contribution >= 0.6 is 0 Å². The lowest BCUT2D eigenvalue weighted by Gasteiger charge is -2.38. The normalized spacial score (nSPS) is 30.7. The van der Waals surface area contributed by atoms with Crippen molar-refractivity contribution in [1.29, 1.82) is 0 Å². The molecule has 2 aliphatic rings. The SMILES string of the molecule is CCC(=O)N(NC(=O)OC(C)(C)C)[C@@]1(C(=O)O)CS(=O)(=O)[C@H]2[C@H](C(=O)O)[C@H]21. The number of carboxylic acid groups (broad SMARTS) is 2. The third-order valence-electron chi connectivity index (χ3n) is 4.55. The minimum Gasteiger partial charge on any atom is -0.481 e. The smallest absolute Gasteiger partial charge is 0.426 e. The molecule has 27 heavy (non-hydrogen) atoms. The van der Waals surface area contributed by atoms with E-state index < -0.39 is 67.8 Å². The van der Waals surface area contributed by atoms with Crippen molar-refractivity contribution in [2.24, 2.45) is 11.8 Å². The Kier molecular flexibility index (Phi) is 4.93. The monoisotopic (exact) mass is 406 g/mol. The van der Waals surface area contributed by atoms with Crippen LogP contribution in [0.5, 0.6) is 0 Å². The van der Waals surface area contributed by atoms with E-state index in [0.29, 0.717) is 5.01 Å². The molecule has 1 saturated heterocycles. The number of sulfone groups is 1. The van der Waals surface area contributed by atoms with Gasteiger partial charge in [0.2, 0.25) is 5.91 Å². The lowest BCUT2D eigenvalue weighted by atomic mass is 9.92. The third-order valence-corrected chi connectivity index (χ3v) is 6.81. The van der Waals surface area contributed by atoms with Gasteiger partial charge < -0.3 is 14.9 Å². The first-order valence-corrected chi connectivity index (χ1v) is 9.91. The van der Waals surface area contributed by atoms with Gasteiger partial charge in [-0.15, -0.1) is 0 Å². The third kappa shape index (κ3) is 3.45. The summed E-state index contributed by atoms with van der Waals surface area (Å²) in [5, 5.41) is 18.1. The number of amides is 2. The summed E-state index contributed by atoms with van der Waals surface area (Å²) < 4.78 is 29.7. The van der Waals surface area contributed by atoms with Crippen LogP contribution in [0.25, 0.3) is 0 Å². The second-order valence-corrected chi connectivity index (χ2v) is 9.75. The van der Waals surface area contributed by atoms with Crippen molar-refractivity contribution in [1.82, 2.24) is 10.4 Å². The van der Waals surface area contributed by atoms with Crippen molar-refractivity contribution in [3.63, 3.8) is 0 Å². The van der Waals surface area contributed by atoms with Crippen LogP contribution in [0, 0.1) is 11.8 Å². The summed E-state index contributed by atoms with van der Waals surface area (Å²) in [7, 11) is -4.10. The predicted octanol–water partition coefficient (Wildman–Crippen LogP) is -0.384. The highest BCUT2D eigenvalue weighted by atomic mass is 32.2. The molecule has 0 radical (unpaired) electrons. The summed E-state index contributed by atoms with van der Waals surface area (Å²) in [6.45, 7) is 6.03. The molecule has 0 unspecified atom stereocenters. The van der Waals surface area contributed by atoms with Gasteiger partial charge >= 0.3 is 18.0 Å². The molecule has 0 aromatic heterocycles. The summed E-state index contributed by atoms with van der Waals surface area (Å²) in [6.07, 6.45) is -1.40. The summed E-state index contributed by atoms with van der Waals surface area (Å²) in [4.78, 5) is 48.0. The fourth-order valence-corrected chi connectivity index (χ4v) is 6.27. The van der Waals surface area contributed by atoms with Crippen LogP contribution in [-0.2, 0) is 29.0 Å². The van der Waals surface area contributed by atoms with Crippen LogP contribution in [0.4, 0.5) is 4.79 Å². The van der Waals surface area contributed by atoms with Crippen LogP contribution in [0.3, 0.4) is 0 Å². The minimum absolute atomic E-state index is 0.250. The molecule has 1 aliphatic heterocycles. The number of hydrogen-bond acceptors (Lipinski definition) is 7. The highest BCUT2D eigenvalue weighted by molar-refractivity contribution is 7.92. The van der Waals surface area contributed by atoms with Crippen molar-refractivity contribution in [3.8, 4) is 0 Å². The van der Waals surface area contributed by atoms with E-state index in [2.05, 4.69) is 0 Å². The number of aliphatic carboxylic acids is 2. The minimum atomic E-state index is -4.10. The number of carbonyl (C=O) groups excluding carboxylic acids is 2. The summed E-state index contributed by atoms with van der Waals surface area (Å²) in [6, 6.07) is 0. The van der Waals surface area contributed by atoms with Gasteiger partial charge in [-0.05, 0) is 20.8 Å². The number of hydrazine groups is 1. The number of carboxylic acids is 2. The van der Waals surface area contributed by atoms with Gasteiger partial charge in [-0.25, -0.2) is 28.4 Å². The molecule has 0 spiro atoms. The van der Waals surface area contributed by atoms with E-state index in [1.807, 2.05) is 5.43 Å². The Morgan fingerprint density at radius 3 is 2.15 bits per heavy atom. The molecular formula is C15H22N2O9S. The lowest BCUT2D eigenvalue weighted by molar-refractivity contribution is -0.163. The van der Waals surface area contributed by atoms with Gasteiger partial charge in [0.25, 0.3) is 0 Å². The average molecular weight is 406 g/mol. The highest BCUT2D eigenvalue weighted by Crippen LogP contribution is 2.59. The molecule has 4 atom stereocenters. The number of ether oxygens (including phenoxy) is 1. The van der Waals surface area contributed by atoms with Crippen molar-refractivity contribution in [3.05, 3.63) is 0 Å². The number of nitrogens with one attached hydrogen (secondary N) is 1. The van der Waals surface area contributed by atoms with Crippen LogP contribution < -0.4 is 5.43 Å². The van der Waals surface area contributed by atoms with E-state index in [0.717, 1.165) is 0 Å². The topological polar surface area (TPSA) is 167 Å². The van der Waals surface area contributed by atoms with Crippen molar-refractivity contribution >= 4 is 33.8 Å². The van der Waals surface area contributed by atoms with Gasteiger partial charge in [-0.2, -0.15) is 0 Å². The zero-order valence-corrected chi connectivity index (χ0v) is 16.1. The first kappa shape index (κ1) is 20.9. The fraction of sp³-hybridized carbons (Fsp3) is 0.733. The maximum atomic E-state index is 12.4. The molecule has 12 heteroatoms. The van der Waals surface area contributed by atoms with Gasteiger partial charge in [0.05, 0.1) is 16.9 Å². The Balaban J connectivity index is 2.50. The first-order chi connectivity index (χ1) is 12.2. The van der Waals surface area contributed by atoms with Gasteiger partial charge in [0, 0.05) is 12.3 Å². The molecule has 2 rings (SSSR count). The molecule has 1 saturated carbocycles. The number of hydrogen-bond donors (Lipinski definition) is 3. The fourth-order valence-electron chi connectivity index (χ4n) is 3.54. The molecule has 2 fully saturated rings. The van der Waals surface area contributed by atoms with Gasteiger partial charge in [0.15, 0.2) is 15.4 Å². The quantitative estimate of drug-likeness (QED) is 0.527. The summed E-state index contributed by atoms with van der Waals surface area (Å²) in [5.41, 5.74) is -1.36. The van der Waals surface area contributed by atoms with E-state index in [4.69, 9.17) is 4.74 Å². The molecular weight excluding hydrogens is 384 g/mol. The van der Waals surface area contributed by atoms with Crippen LogP contribution in [-0.4, -0.2) is 69.7 Å². The maximum Gasteiger partial charge on any atom is 0.426 e. The van der Waals surface area contributed by atoms with Crippen molar-refractivity contribution in [2.75, 3.05) is 5.75 Å². The highest BCUT2D eigenvalue weighted by Gasteiger charge is 2.81. The zero-order valence-electron chi connectivity index (χ0n) is 15.3. The Labute approximate surface area is 155 Å². The number of carbonyl (C=O) groups is 4. The molecule has 0 bridgehead atoms. The van der Waals surface area contributed by atoms with E-state index in [1.165, 1.54) is 6.92 Å². The summed E-state index contributed by atoms with van der Waals surface area (Å²) >= 11 is 0. The second-order valence-electron chi connectivity index (χ2n) is 7.59. The number of rotatable bonds is 4. The molecule has 0 aromatic rings. The van der Waals surface area contributed by atoms with Crippen molar-refractivity contribution in [2.45, 2.75) is 50.5 Å². The van der Waals surface area contributed by atoms with E-state index in [9.17, 15) is 37.8 Å². The largest absolute Gasteiger partial charge is 0.481 e. The molecule has 0 aromatic carbocycles. The lowest BCUT2D eigenvalue weighted by Crippen LogP contribution is -2.67. The second kappa shape index (κ2) is 6.36. The average Bonchev–Trinajstić information content (AvgIpc) is 3.20. The Bertz CT molecular complexity index is 801. The Morgan fingerprint density at radius 2 is 1.78 bits per heavy atom. The van der Waals surface area contributed by atoms with E-state index in [-0.39, 0.29) is 6.42 Å². The zero-order chi connectivity index (χ0) is 20.9. The molecule has 11 nitrogen and oxygen atoms in total. The molecule has 1 heterocycles. The maximum absolute atomic E-state index is 12.4. The van der Waals surface area contributed by atoms with Crippen molar-refractivity contribution < 1.29 is 42.5 Å².